The van der Waals surface area contributed by atoms with Crippen LogP contribution in [0.2, 0.25) is 0 Å². The molecule has 0 aliphatic carbocycles. The fourth-order valence-electron chi connectivity index (χ4n) is 1.71. The van der Waals surface area contributed by atoms with Crippen LogP contribution in [0.1, 0.15) is 5.69 Å². The molecule has 0 bridgehead atoms. The molecule has 0 aliphatic rings. The van der Waals surface area contributed by atoms with Gasteiger partial charge in [0.1, 0.15) is 5.69 Å². The molecule has 0 atom stereocenters. The third-order valence-electron chi connectivity index (χ3n) is 2.76. The van der Waals surface area contributed by atoms with Crippen molar-refractivity contribution in [2.45, 2.75) is 11.7 Å². The van der Waals surface area contributed by atoms with Gasteiger partial charge in [-0.05, 0) is 18.2 Å². The number of rotatable bonds is 3. The van der Waals surface area contributed by atoms with Crippen LogP contribution in [-0.4, -0.2) is 23.8 Å². The number of nitrogens with zero attached hydrogens (tertiary/aromatic N) is 2. The quantitative estimate of drug-likeness (QED) is 0.262. The highest BCUT2D eigenvalue weighted by molar-refractivity contribution is 7.88. The van der Waals surface area contributed by atoms with Gasteiger partial charge in [-0.3, -0.25) is 10.1 Å². The number of benzene rings is 1. The van der Waals surface area contributed by atoms with E-state index in [0.29, 0.717) is 18.2 Å². The summed E-state index contributed by atoms with van der Waals surface area (Å²) in [6, 6.07) is 2.05. The van der Waals surface area contributed by atoms with Crippen molar-refractivity contribution < 1.29 is 43.9 Å². The van der Waals surface area contributed by atoms with Crippen molar-refractivity contribution >= 4 is 26.7 Å². The zero-order valence-electron chi connectivity index (χ0n) is 11.4. The molecule has 7 nitrogen and oxygen atoms in total. The summed E-state index contributed by atoms with van der Waals surface area (Å²) in [6.45, 7) is 0. The van der Waals surface area contributed by atoms with Gasteiger partial charge in [0.25, 0.3) is 0 Å². The molecule has 0 saturated heterocycles. The topological polar surface area (TPSA) is 99.4 Å². The maximum atomic E-state index is 12.6. The zero-order valence-corrected chi connectivity index (χ0v) is 12.2. The summed E-state index contributed by atoms with van der Waals surface area (Å²) in [6.07, 6.45) is -4.89. The predicted molar refractivity (Wildman–Crippen MR) is 69.0 cm³/mol. The molecule has 0 amide bonds. The van der Waals surface area contributed by atoms with Crippen LogP contribution in [0.5, 0.6) is 5.75 Å². The van der Waals surface area contributed by atoms with Crippen molar-refractivity contribution in [3.05, 3.63) is 40.1 Å². The first-order valence-corrected chi connectivity index (χ1v) is 7.31. The molecule has 0 aliphatic heterocycles. The Morgan fingerprint density at radius 2 is 1.64 bits per heavy atom. The van der Waals surface area contributed by atoms with Crippen LogP contribution in [0, 0.1) is 10.1 Å². The van der Waals surface area contributed by atoms with Crippen LogP contribution >= 0.6 is 0 Å². The van der Waals surface area contributed by atoms with Crippen LogP contribution in [-0.2, 0) is 16.3 Å². The van der Waals surface area contributed by atoms with Gasteiger partial charge in [0.15, 0.2) is 0 Å². The molecule has 0 spiro atoms. The molecule has 1 heterocycles. The van der Waals surface area contributed by atoms with E-state index in [4.69, 9.17) is 0 Å². The number of aromatic nitrogens is 1. The van der Waals surface area contributed by atoms with Crippen molar-refractivity contribution in [1.82, 2.24) is 4.98 Å². The molecule has 1 aromatic carbocycles. The molecule has 0 saturated carbocycles. The maximum Gasteiger partial charge on any atom is 0.534 e. The van der Waals surface area contributed by atoms with Gasteiger partial charge in [0.05, 0.1) is 15.8 Å². The van der Waals surface area contributed by atoms with E-state index in [-0.39, 0.29) is 0 Å². The standard InChI is InChI=1S/C11H4F6N2O5S/c12-10(13,14)8-4-1-5-6(18-8)2-3-7(19(20)21)9(5)24-25(22,23)11(15,16)17/h1-4H. The average molecular weight is 390 g/mol. The van der Waals surface area contributed by atoms with E-state index < -0.39 is 54.8 Å². The lowest BCUT2D eigenvalue weighted by Gasteiger charge is -2.12. The van der Waals surface area contributed by atoms with Gasteiger partial charge in [-0.2, -0.15) is 34.8 Å². The van der Waals surface area contributed by atoms with Gasteiger partial charge in [-0.1, -0.05) is 0 Å². The Balaban J connectivity index is 2.75. The van der Waals surface area contributed by atoms with Crippen LogP contribution in [0.25, 0.3) is 10.9 Å². The first-order valence-electron chi connectivity index (χ1n) is 5.90. The Bertz CT molecular complexity index is 954. The Hall–Kier alpha value is -2.64. The number of nitro groups is 1. The van der Waals surface area contributed by atoms with Crippen molar-refractivity contribution in [2.24, 2.45) is 0 Å². The Morgan fingerprint density at radius 1 is 1.04 bits per heavy atom. The van der Waals surface area contributed by atoms with Gasteiger partial charge in [-0.25, -0.2) is 4.98 Å². The van der Waals surface area contributed by atoms with E-state index >= 15 is 0 Å². The number of fused-ring (bicyclic) bond motifs is 1. The highest BCUT2D eigenvalue weighted by Gasteiger charge is 2.49. The molecule has 0 unspecified atom stereocenters. The van der Waals surface area contributed by atoms with E-state index in [9.17, 15) is 44.9 Å². The second-order valence-electron chi connectivity index (χ2n) is 4.42. The molecule has 14 heteroatoms. The minimum absolute atomic E-state index is 0.319. The average Bonchev–Trinajstić information content (AvgIpc) is 2.44. The summed E-state index contributed by atoms with van der Waals surface area (Å²) >= 11 is 0. The smallest absolute Gasteiger partial charge is 0.368 e. The minimum atomic E-state index is -6.29. The summed E-state index contributed by atoms with van der Waals surface area (Å²) in [5.74, 6) is -1.39. The van der Waals surface area contributed by atoms with E-state index in [2.05, 4.69) is 9.17 Å². The molecule has 2 aromatic rings. The SMILES string of the molecule is O=[N+]([O-])c1ccc2nc(C(F)(F)F)ccc2c1OS(=O)(=O)C(F)(F)F. The molecule has 0 radical (unpaired) electrons. The maximum absolute atomic E-state index is 12.6. The summed E-state index contributed by atoms with van der Waals surface area (Å²) in [5.41, 5.74) is -9.17. The van der Waals surface area contributed by atoms with Crippen molar-refractivity contribution in [3.63, 3.8) is 0 Å². The number of pyridine rings is 1. The number of hydrogen-bond acceptors (Lipinski definition) is 6. The molecule has 0 fully saturated rings. The first kappa shape index (κ1) is 18.7. The fourth-order valence-corrected chi connectivity index (χ4v) is 2.20. The fraction of sp³-hybridized carbons (Fsp3) is 0.182. The number of nitro benzene ring substituents is 1. The van der Waals surface area contributed by atoms with E-state index in [0.717, 1.165) is 6.07 Å². The van der Waals surface area contributed by atoms with E-state index in [1.54, 1.807) is 0 Å². The molecule has 1 aromatic heterocycles. The lowest BCUT2D eigenvalue weighted by molar-refractivity contribution is -0.385. The Kier molecular flexibility index (Phi) is 4.27. The molecule has 136 valence electrons. The first-order chi connectivity index (χ1) is 11.2. The summed E-state index contributed by atoms with van der Waals surface area (Å²) in [4.78, 5) is 12.7. The van der Waals surface area contributed by atoms with Gasteiger partial charge in [-0.15, -0.1) is 0 Å². The Morgan fingerprint density at radius 3 is 2.12 bits per heavy atom. The minimum Gasteiger partial charge on any atom is -0.368 e. The van der Waals surface area contributed by atoms with Gasteiger partial charge >= 0.3 is 27.5 Å². The summed E-state index contributed by atoms with van der Waals surface area (Å²) in [7, 11) is -6.29. The zero-order chi connectivity index (χ0) is 19.2. The van der Waals surface area contributed by atoms with Gasteiger partial charge in [0.2, 0.25) is 5.75 Å². The largest absolute Gasteiger partial charge is 0.534 e. The third-order valence-corrected chi connectivity index (χ3v) is 3.72. The molecule has 25 heavy (non-hydrogen) atoms. The predicted octanol–water partition coefficient (Wildman–Crippen LogP) is 3.39. The van der Waals surface area contributed by atoms with Crippen LogP contribution < -0.4 is 4.18 Å². The Labute approximate surface area is 134 Å². The molecule has 0 N–H and O–H groups in total. The highest BCUT2D eigenvalue weighted by atomic mass is 32.2. The van der Waals surface area contributed by atoms with Crippen LogP contribution in [0.3, 0.4) is 0 Å². The third kappa shape index (κ3) is 3.57. The molecule has 2 rings (SSSR count). The number of halogens is 6. The van der Waals surface area contributed by atoms with Crippen LogP contribution in [0.15, 0.2) is 24.3 Å². The second kappa shape index (κ2) is 5.72. The normalized spacial score (nSPS) is 13.0. The highest BCUT2D eigenvalue weighted by Crippen LogP contribution is 2.39. The van der Waals surface area contributed by atoms with Crippen molar-refractivity contribution in [3.8, 4) is 5.75 Å². The van der Waals surface area contributed by atoms with Crippen LogP contribution in [0.4, 0.5) is 32.0 Å². The summed E-state index contributed by atoms with van der Waals surface area (Å²) in [5, 5.41) is 10.2. The van der Waals surface area contributed by atoms with E-state index in [1.807, 2.05) is 0 Å². The lowest BCUT2D eigenvalue weighted by Crippen LogP contribution is -2.28. The second-order valence-corrected chi connectivity index (χ2v) is 5.95. The molecular weight excluding hydrogens is 386 g/mol. The van der Waals surface area contributed by atoms with E-state index in [1.165, 1.54) is 0 Å². The van der Waals surface area contributed by atoms with Gasteiger partial charge < -0.3 is 4.18 Å². The summed E-state index contributed by atoms with van der Waals surface area (Å²) < 4.78 is 101. The van der Waals surface area contributed by atoms with Crippen molar-refractivity contribution in [2.75, 3.05) is 0 Å². The lowest BCUT2D eigenvalue weighted by atomic mass is 10.1. The molecular formula is C11H4F6N2O5S. The van der Waals surface area contributed by atoms with Crippen molar-refractivity contribution in [1.29, 1.82) is 0 Å². The van der Waals surface area contributed by atoms with Gasteiger partial charge in [0, 0.05) is 6.07 Å². The monoisotopic (exact) mass is 390 g/mol. The number of hydrogen-bond donors (Lipinski definition) is 0. The number of alkyl halides is 6.